The summed E-state index contributed by atoms with van der Waals surface area (Å²) >= 11 is 0. The van der Waals surface area contributed by atoms with Crippen LogP contribution in [0.15, 0.2) is 47.1 Å². The number of halogens is 1. The van der Waals surface area contributed by atoms with Crippen molar-refractivity contribution in [1.82, 2.24) is 0 Å². The van der Waals surface area contributed by atoms with Crippen LogP contribution >= 0.6 is 12.4 Å². The predicted molar refractivity (Wildman–Crippen MR) is 93.4 cm³/mol. The largest absolute Gasteiger partial charge is 0.294 e. The zero-order valence-corrected chi connectivity index (χ0v) is 12.5. The van der Waals surface area contributed by atoms with E-state index in [2.05, 4.69) is 35.3 Å². The summed E-state index contributed by atoms with van der Waals surface area (Å²) in [5.74, 6) is 0.182. The van der Waals surface area contributed by atoms with Crippen molar-refractivity contribution in [2.45, 2.75) is 6.42 Å². The van der Waals surface area contributed by atoms with E-state index in [1.54, 1.807) is 6.08 Å². The molecule has 0 saturated carbocycles. The molecule has 1 aliphatic heterocycles. The Morgan fingerprint density at radius 2 is 1.77 bits per heavy atom. The van der Waals surface area contributed by atoms with Crippen LogP contribution in [-0.2, 0) is 11.2 Å². The molecule has 0 unspecified atom stereocenters. The van der Waals surface area contributed by atoms with Crippen molar-refractivity contribution in [1.29, 1.82) is 0 Å². The van der Waals surface area contributed by atoms with Gasteiger partial charge in [-0.15, -0.1) is 12.4 Å². The number of aliphatic imine (C=N–C) groups is 1. The van der Waals surface area contributed by atoms with E-state index in [1.165, 1.54) is 38.6 Å². The molecule has 0 saturated heterocycles. The molecule has 2 aromatic carbocycles. The molecule has 0 spiro atoms. The summed E-state index contributed by atoms with van der Waals surface area (Å²) in [6, 6.07) is 8.58. The van der Waals surface area contributed by atoms with Crippen LogP contribution in [0.25, 0.3) is 28.5 Å². The molecular formula is C19H12ClNO. The first-order valence-corrected chi connectivity index (χ1v) is 7.06. The zero-order chi connectivity index (χ0) is 14.0. The predicted octanol–water partition coefficient (Wildman–Crippen LogP) is 4.22. The summed E-state index contributed by atoms with van der Waals surface area (Å²) in [4.78, 5) is 15.8. The number of fused-ring (bicyclic) bond motifs is 7. The summed E-state index contributed by atoms with van der Waals surface area (Å²) < 4.78 is 0. The standard InChI is InChI=1S/C19H11NO.ClH/c21-13-2-4-14-11(7-13)1-3-16-15(14)5-6-17-18(16)8-12-9-20-10-19(12)17;/h1-6,8-10H,7H2;1H. The van der Waals surface area contributed by atoms with Crippen LogP contribution in [0, 0.1) is 0 Å². The van der Waals surface area contributed by atoms with Gasteiger partial charge in [-0.25, -0.2) is 0 Å². The van der Waals surface area contributed by atoms with Gasteiger partial charge in [-0.3, -0.25) is 9.79 Å². The topological polar surface area (TPSA) is 29.4 Å². The van der Waals surface area contributed by atoms with E-state index >= 15 is 0 Å². The summed E-state index contributed by atoms with van der Waals surface area (Å²) in [6.45, 7) is 0. The van der Waals surface area contributed by atoms with Gasteiger partial charge in [0.05, 0.1) is 0 Å². The van der Waals surface area contributed by atoms with Crippen molar-refractivity contribution in [3.63, 3.8) is 0 Å². The molecule has 5 rings (SSSR count). The highest BCUT2D eigenvalue weighted by atomic mass is 35.5. The monoisotopic (exact) mass is 305 g/mol. The van der Waals surface area contributed by atoms with Gasteiger partial charge >= 0.3 is 0 Å². The van der Waals surface area contributed by atoms with Crippen molar-refractivity contribution in [2.24, 2.45) is 4.99 Å². The molecule has 2 aliphatic carbocycles. The highest BCUT2D eigenvalue weighted by molar-refractivity contribution is 6.18. The number of ketones is 1. The summed E-state index contributed by atoms with van der Waals surface area (Å²) in [5, 5.41) is 2.48. The number of nitrogens with zero attached hydrogens (tertiary/aromatic N) is 1. The second kappa shape index (κ2) is 4.52. The molecule has 22 heavy (non-hydrogen) atoms. The van der Waals surface area contributed by atoms with Gasteiger partial charge in [0.25, 0.3) is 0 Å². The first-order chi connectivity index (χ1) is 10.3. The number of carbonyl (C=O) groups excluding carboxylic acids is 1. The van der Waals surface area contributed by atoms with Gasteiger partial charge in [0, 0.05) is 30.0 Å². The SMILES string of the molecule is Cl.O=C1C=Cc2c(ccc3c4c(ccc23)C2=CN=CC2=C4)C1. The van der Waals surface area contributed by atoms with Crippen LogP contribution in [0.1, 0.15) is 22.3 Å². The Morgan fingerprint density at radius 3 is 2.68 bits per heavy atom. The van der Waals surface area contributed by atoms with Crippen LogP contribution < -0.4 is 0 Å². The lowest BCUT2D eigenvalue weighted by atomic mass is 9.89. The fourth-order valence-electron chi connectivity index (χ4n) is 3.49. The van der Waals surface area contributed by atoms with Gasteiger partial charge in [-0.1, -0.05) is 30.3 Å². The minimum Gasteiger partial charge on any atom is -0.294 e. The molecular weight excluding hydrogens is 294 g/mol. The Labute approximate surface area is 134 Å². The van der Waals surface area contributed by atoms with Crippen LogP contribution in [0.5, 0.6) is 0 Å². The molecule has 0 atom stereocenters. The van der Waals surface area contributed by atoms with Crippen molar-refractivity contribution >= 4 is 52.9 Å². The Balaban J connectivity index is 0.00000125. The van der Waals surface area contributed by atoms with E-state index < -0.39 is 0 Å². The summed E-state index contributed by atoms with van der Waals surface area (Å²) in [5.41, 5.74) is 7.25. The molecule has 3 heteroatoms. The molecule has 106 valence electrons. The zero-order valence-electron chi connectivity index (χ0n) is 11.7. The van der Waals surface area contributed by atoms with Crippen molar-refractivity contribution in [2.75, 3.05) is 0 Å². The molecule has 3 aliphatic rings. The highest BCUT2D eigenvalue weighted by Gasteiger charge is 2.23. The van der Waals surface area contributed by atoms with E-state index in [4.69, 9.17) is 0 Å². The summed E-state index contributed by atoms with van der Waals surface area (Å²) in [6.07, 6.45) is 10.2. The second-order valence-electron chi connectivity index (χ2n) is 5.66. The average Bonchev–Trinajstić information content (AvgIpc) is 3.07. The quantitative estimate of drug-likeness (QED) is 0.716. The number of hydrogen-bond donors (Lipinski definition) is 0. The van der Waals surface area contributed by atoms with Gasteiger partial charge in [0.2, 0.25) is 0 Å². The molecule has 0 N–H and O–H groups in total. The van der Waals surface area contributed by atoms with Gasteiger partial charge in [-0.05, 0) is 45.2 Å². The maximum Gasteiger partial charge on any atom is 0.160 e. The van der Waals surface area contributed by atoms with Gasteiger partial charge in [0.15, 0.2) is 5.78 Å². The Hall–Kier alpha value is -2.45. The fraction of sp³-hybridized carbons (Fsp3) is 0.0526. The third-order valence-corrected chi connectivity index (χ3v) is 4.49. The van der Waals surface area contributed by atoms with E-state index in [9.17, 15) is 4.79 Å². The normalized spacial score (nSPS) is 16.8. The Bertz CT molecular complexity index is 977. The van der Waals surface area contributed by atoms with Crippen LogP contribution in [0.4, 0.5) is 0 Å². The van der Waals surface area contributed by atoms with Crippen molar-refractivity contribution in [3.05, 3.63) is 64.4 Å². The first-order valence-electron chi connectivity index (χ1n) is 7.06. The molecule has 1 heterocycles. The van der Waals surface area contributed by atoms with Crippen molar-refractivity contribution < 1.29 is 4.79 Å². The fourth-order valence-corrected chi connectivity index (χ4v) is 3.49. The van der Waals surface area contributed by atoms with E-state index in [-0.39, 0.29) is 18.2 Å². The first kappa shape index (κ1) is 13.2. The van der Waals surface area contributed by atoms with Gasteiger partial charge < -0.3 is 0 Å². The lowest BCUT2D eigenvalue weighted by Crippen LogP contribution is -2.05. The third-order valence-electron chi connectivity index (χ3n) is 4.49. The second-order valence-corrected chi connectivity index (χ2v) is 5.66. The third kappa shape index (κ3) is 1.62. The molecule has 0 bridgehead atoms. The van der Waals surface area contributed by atoms with Crippen LogP contribution in [-0.4, -0.2) is 12.0 Å². The van der Waals surface area contributed by atoms with Crippen LogP contribution in [0.3, 0.4) is 0 Å². The number of allylic oxidation sites excluding steroid dienone is 3. The molecule has 0 amide bonds. The molecule has 0 aromatic heterocycles. The minimum absolute atomic E-state index is 0. The van der Waals surface area contributed by atoms with Gasteiger partial charge in [-0.2, -0.15) is 0 Å². The van der Waals surface area contributed by atoms with Crippen molar-refractivity contribution in [3.8, 4) is 0 Å². The minimum atomic E-state index is 0. The highest BCUT2D eigenvalue weighted by Crippen LogP contribution is 2.41. The molecule has 0 fully saturated rings. The van der Waals surface area contributed by atoms with Crippen LogP contribution in [0.2, 0.25) is 0 Å². The maximum absolute atomic E-state index is 11.6. The average molecular weight is 306 g/mol. The summed E-state index contributed by atoms with van der Waals surface area (Å²) in [7, 11) is 0. The lowest BCUT2D eigenvalue weighted by molar-refractivity contribution is -0.114. The molecule has 2 nitrogen and oxygen atoms in total. The lowest BCUT2D eigenvalue weighted by Gasteiger charge is -2.14. The number of rotatable bonds is 0. The van der Waals surface area contributed by atoms with Gasteiger partial charge in [0.1, 0.15) is 0 Å². The number of carbonyl (C=O) groups is 1. The number of hydrogen-bond acceptors (Lipinski definition) is 2. The van der Waals surface area contributed by atoms with E-state index in [1.807, 2.05) is 18.5 Å². The Morgan fingerprint density at radius 1 is 0.955 bits per heavy atom. The van der Waals surface area contributed by atoms with E-state index in [0.717, 1.165) is 5.56 Å². The van der Waals surface area contributed by atoms with E-state index in [0.29, 0.717) is 6.42 Å². The number of benzene rings is 2. The molecule has 0 radical (unpaired) electrons. The smallest absolute Gasteiger partial charge is 0.160 e. The Kier molecular flexibility index (Phi) is 2.72. The molecule has 2 aromatic rings. The maximum atomic E-state index is 11.6.